The van der Waals surface area contributed by atoms with E-state index in [1.165, 1.54) is 5.56 Å². The fraction of sp³-hybridized carbons (Fsp3) is 0.211. The molecule has 0 bridgehead atoms. The number of carbonyl (C=O) groups excluding carboxylic acids is 2. The second kappa shape index (κ2) is 7.02. The number of hydrogen-bond donors (Lipinski definition) is 3. The molecule has 0 radical (unpaired) electrons. The molecule has 0 aliphatic carbocycles. The minimum atomic E-state index is -0.340. The molecule has 1 aliphatic rings. The quantitative estimate of drug-likeness (QED) is 0.643. The standard InChI is InChI=1S/C19H18ClN5O2/c20-15-3-5-22-18-17(15)14(8-23-18)19(27)24-13-2-1-11-4-6-25(10-16(21)26)9-12(11)7-13/h1-3,5,7-8H,4,6,9-10H2,(H2,21,26)(H,22,23)(H,24,27). The molecule has 1 aliphatic heterocycles. The molecule has 3 heterocycles. The molecule has 2 aromatic heterocycles. The van der Waals surface area contributed by atoms with Crippen molar-refractivity contribution in [3.05, 3.63) is 58.4 Å². The maximum absolute atomic E-state index is 12.7. The Morgan fingerprint density at radius 3 is 2.96 bits per heavy atom. The summed E-state index contributed by atoms with van der Waals surface area (Å²) >= 11 is 6.22. The number of amides is 2. The van der Waals surface area contributed by atoms with Crippen LogP contribution in [-0.2, 0) is 17.8 Å². The van der Waals surface area contributed by atoms with E-state index in [-0.39, 0.29) is 18.4 Å². The highest BCUT2D eigenvalue weighted by molar-refractivity contribution is 6.36. The van der Waals surface area contributed by atoms with Crippen molar-refractivity contribution in [3.63, 3.8) is 0 Å². The summed E-state index contributed by atoms with van der Waals surface area (Å²) in [5, 5.41) is 3.98. The van der Waals surface area contributed by atoms with Gasteiger partial charge in [-0.15, -0.1) is 0 Å². The normalized spacial score (nSPS) is 14.1. The van der Waals surface area contributed by atoms with Gasteiger partial charge in [-0.1, -0.05) is 17.7 Å². The van der Waals surface area contributed by atoms with Crippen molar-refractivity contribution < 1.29 is 9.59 Å². The first kappa shape index (κ1) is 17.5. The number of aromatic nitrogens is 2. The Balaban J connectivity index is 1.56. The minimum Gasteiger partial charge on any atom is -0.369 e. The molecule has 0 fully saturated rings. The Labute approximate surface area is 160 Å². The first-order valence-corrected chi connectivity index (χ1v) is 8.94. The molecule has 0 saturated heterocycles. The highest BCUT2D eigenvalue weighted by atomic mass is 35.5. The number of H-pyrrole nitrogens is 1. The number of anilines is 1. The van der Waals surface area contributed by atoms with Crippen molar-refractivity contribution >= 4 is 40.1 Å². The molecule has 0 unspecified atom stereocenters. The Morgan fingerprint density at radius 1 is 1.30 bits per heavy atom. The van der Waals surface area contributed by atoms with Crippen LogP contribution in [0.2, 0.25) is 5.02 Å². The number of pyridine rings is 1. The summed E-state index contributed by atoms with van der Waals surface area (Å²) in [5.74, 6) is -0.603. The van der Waals surface area contributed by atoms with Crippen LogP contribution in [0.4, 0.5) is 5.69 Å². The van der Waals surface area contributed by atoms with E-state index >= 15 is 0 Å². The lowest BCUT2D eigenvalue weighted by atomic mass is 9.99. The topological polar surface area (TPSA) is 104 Å². The van der Waals surface area contributed by atoms with Gasteiger partial charge < -0.3 is 16.0 Å². The maximum atomic E-state index is 12.7. The van der Waals surface area contributed by atoms with Gasteiger partial charge in [0.05, 0.1) is 22.5 Å². The van der Waals surface area contributed by atoms with Gasteiger partial charge in [0.15, 0.2) is 0 Å². The maximum Gasteiger partial charge on any atom is 0.257 e. The summed E-state index contributed by atoms with van der Waals surface area (Å²) in [6.45, 7) is 1.66. The van der Waals surface area contributed by atoms with Crippen LogP contribution in [0, 0.1) is 0 Å². The number of fused-ring (bicyclic) bond motifs is 2. The van der Waals surface area contributed by atoms with E-state index in [1.807, 2.05) is 23.1 Å². The zero-order valence-corrected chi connectivity index (χ0v) is 15.2. The number of rotatable bonds is 4. The van der Waals surface area contributed by atoms with Gasteiger partial charge in [-0.3, -0.25) is 14.5 Å². The minimum absolute atomic E-state index is 0.233. The third-order valence-electron chi connectivity index (χ3n) is 4.70. The number of hydrogen-bond acceptors (Lipinski definition) is 4. The average molecular weight is 384 g/mol. The van der Waals surface area contributed by atoms with Crippen molar-refractivity contribution in [1.82, 2.24) is 14.9 Å². The number of aromatic amines is 1. The van der Waals surface area contributed by atoms with Crippen molar-refractivity contribution in [3.8, 4) is 0 Å². The third kappa shape index (κ3) is 3.51. The van der Waals surface area contributed by atoms with E-state index in [4.69, 9.17) is 17.3 Å². The van der Waals surface area contributed by atoms with Gasteiger partial charge in [0.2, 0.25) is 5.91 Å². The number of nitrogens with one attached hydrogen (secondary N) is 2. The summed E-state index contributed by atoms with van der Waals surface area (Å²) in [7, 11) is 0. The molecule has 0 spiro atoms. The number of halogens is 1. The Kier molecular flexibility index (Phi) is 4.55. The zero-order chi connectivity index (χ0) is 19.0. The first-order valence-electron chi connectivity index (χ1n) is 8.56. The summed E-state index contributed by atoms with van der Waals surface area (Å²) < 4.78 is 0. The lowest BCUT2D eigenvalue weighted by molar-refractivity contribution is -0.119. The first-order chi connectivity index (χ1) is 13.0. The van der Waals surface area contributed by atoms with Crippen LogP contribution in [0.1, 0.15) is 21.5 Å². The molecule has 27 heavy (non-hydrogen) atoms. The molecule has 0 atom stereocenters. The molecule has 0 saturated carbocycles. The van der Waals surface area contributed by atoms with E-state index in [1.54, 1.807) is 18.5 Å². The van der Waals surface area contributed by atoms with E-state index in [2.05, 4.69) is 15.3 Å². The van der Waals surface area contributed by atoms with Gasteiger partial charge in [-0.05, 0) is 35.7 Å². The monoisotopic (exact) mass is 383 g/mol. The molecule has 138 valence electrons. The van der Waals surface area contributed by atoms with Gasteiger partial charge in [-0.25, -0.2) is 4.98 Å². The van der Waals surface area contributed by atoms with Crippen LogP contribution in [0.15, 0.2) is 36.7 Å². The van der Waals surface area contributed by atoms with Crippen LogP contribution in [0.3, 0.4) is 0 Å². The number of benzene rings is 1. The molecular weight excluding hydrogens is 366 g/mol. The molecule has 4 N–H and O–H groups in total. The van der Waals surface area contributed by atoms with Gasteiger partial charge >= 0.3 is 0 Å². The molecule has 2 amide bonds. The highest BCUT2D eigenvalue weighted by Gasteiger charge is 2.19. The molecule has 3 aromatic rings. The smallest absolute Gasteiger partial charge is 0.257 e. The second-order valence-corrected chi connectivity index (χ2v) is 6.99. The van der Waals surface area contributed by atoms with Gasteiger partial charge in [0, 0.05) is 31.2 Å². The van der Waals surface area contributed by atoms with Gasteiger partial charge in [0.25, 0.3) is 5.91 Å². The Bertz CT molecular complexity index is 1050. The van der Waals surface area contributed by atoms with Crippen molar-refractivity contribution in [2.45, 2.75) is 13.0 Å². The summed E-state index contributed by atoms with van der Waals surface area (Å²) in [6, 6.07) is 7.49. The summed E-state index contributed by atoms with van der Waals surface area (Å²) in [6.07, 6.45) is 4.04. The average Bonchev–Trinajstić information content (AvgIpc) is 3.06. The van der Waals surface area contributed by atoms with Crippen molar-refractivity contribution in [2.75, 3.05) is 18.4 Å². The largest absolute Gasteiger partial charge is 0.369 e. The van der Waals surface area contributed by atoms with Crippen LogP contribution in [0.25, 0.3) is 11.0 Å². The zero-order valence-electron chi connectivity index (χ0n) is 14.5. The number of primary amides is 1. The Hall–Kier alpha value is -2.90. The third-order valence-corrected chi connectivity index (χ3v) is 5.02. The lowest BCUT2D eigenvalue weighted by Gasteiger charge is -2.28. The molecule has 1 aromatic carbocycles. The van der Waals surface area contributed by atoms with Gasteiger partial charge in [0.1, 0.15) is 5.65 Å². The molecule has 7 nitrogen and oxygen atoms in total. The number of carbonyl (C=O) groups is 2. The van der Waals surface area contributed by atoms with Crippen LogP contribution in [0.5, 0.6) is 0 Å². The second-order valence-electron chi connectivity index (χ2n) is 6.58. The van der Waals surface area contributed by atoms with Crippen molar-refractivity contribution in [2.24, 2.45) is 5.73 Å². The van der Waals surface area contributed by atoms with E-state index < -0.39 is 0 Å². The summed E-state index contributed by atoms with van der Waals surface area (Å²) in [4.78, 5) is 33.0. The Morgan fingerprint density at radius 2 is 2.15 bits per heavy atom. The van der Waals surface area contributed by atoms with Crippen molar-refractivity contribution in [1.29, 1.82) is 0 Å². The lowest BCUT2D eigenvalue weighted by Crippen LogP contribution is -2.37. The van der Waals surface area contributed by atoms with Crippen LogP contribution >= 0.6 is 11.6 Å². The molecule has 4 rings (SSSR count). The van der Waals surface area contributed by atoms with Crippen LogP contribution < -0.4 is 11.1 Å². The highest BCUT2D eigenvalue weighted by Crippen LogP contribution is 2.27. The predicted octanol–water partition coefficient (Wildman–Crippen LogP) is 2.31. The summed E-state index contributed by atoms with van der Waals surface area (Å²) in [5.41, 5.74) is 9.29. The molecular formula is C19H18ClN5O2. The van der Waals surface area contributed by atoms with E-state index in [9.17, 15) is 9.59 Å². The predicted molar refractivity (Wildman–Crippen MR) is 104 cm³/mol. The van der Waals surface area contributed by atoms with E-state index in [0.717, 1.165) is 18.5 Å². The van der Waals surface area contributed by atoms with E-state index in [0.29, 0.717) is 33.9 Å². The number of nitrogens with two attached hydrogens (primary N) is 1. The van der Waals surface area contributed by atoms with Crippen LogP contribution in [-0.4, -0.2) is 39.8 Å². The fourth-order valence-electron chi connectivity index (χ4n) is 3.44. The molecule has 8 heteroatoms. The number of nitrogens with zero attached hydrogens (tertiary/aromatic N) is 2. The fourth-order valence-corrected chi connectivity index (χ4v) is 3.69. The van der Waals surface area contributed by atoms with Gasteiger partial charge in [-0.2, -0.15) is 0 Å². The SMILES string of the molecule is NC(=O)CN1CCc2ccc(NC(=O)c3c[nH]c4nccc(Cl)c34)cc2C1.